The molecule has 0 aliphatic carbocycles. The first-order valence-electron chi connectivity index (χ1n) is 9.34. The van der Waals surface area contributed by atoms with E-state index in [1.54, 1.807) is 24.4 Å². The second-order valence-electron chi connectivity index (χ2n) is 7.02. The first kappa shape index (κ1) is 17.8. The van der Waals surface area contributed by atoms with Crippen LogP contribution in [0.3, 0.4) is 0 Å². The molecule has 0 saturated carbocycles. The van der Waals surface area contributed by atoms with E-state index in [0.29, 0.717) is 11.2 Å². The van der Waals surface area contributed by atoms with Crippen LogP contribution in [0.15, 0.2) is 72.6 Å². The van der Waals surface area contributed by atoms with E-state index in [1.165, 1.54) is 6.08 Å². The Balaban J connectivity index is 1.65. The van der Waals surface area contributed by atoms with Gasteiger partial charge in [0.1, 0.15) is 5.57 Å². The molecule has 4 amide bonds. The molecule has 2 aromatic carbocycles. The number of nitrogens with zero attached hydrogens (tertiary/aromatic N) is 3. The van der Waals surface area contributed by atoms with Crippen molar-refractivity contribution in [3.05, 3.63) is 78.1 Å². The van der Waals surface area contributed by atoms with Crippen molar-refractivity contribution in [2.24, 2.45) is 7.05 Å². The number of barbiturate groups is 1. The number of carbonyl (C=O) groups is 3. The summed E-state index contributed by atoms with van der Waals surface area (Å²) in [6.45, 7) is 0. The van der Waals surface area contributed by atoms with Gasteiger partial charge < -0.3 is 4.57 Å². The van der Waals surface area contributed by atoms with Gasteiger partial charge in [-0.3, -0.25) is 19.9 Å². The van der Waals surface area contributed by atoms with Crippen molar-refractivity contribution < 1.29 is 14.4 Å². The molecule has 1 aliphatic rings. The Hall–Kier alpha value is -4.26. The van der Waals surface area contributed by atoms with Crippen LogP contribution in [0.1, 0.15) is 5.56 Å². The van der Waals surface area contributed by atoms with Gasteiger partial charge in [-0.05, 0) is 24.3 Å². The van der Waals surface area contributed by atoms with Crippen LogP contribution in [0.5, 0.6) is 0 Å². The summed E-state index contributed by atoms with van der Waals surface area (Å²) >= 11 is 0. The lowest BCUT2D eigenvalue weighted by Gasteiger charge is -2.26. The molecular formula is C23H16N4O3. The second-order valence-corrected chi connectivity index (χ2v) is 7.02. The number of para-hydroxylation sites is 2. The fourth-order valence-electron chi connectivity index (χ4n) is 3.79. The molecule has 1 N–H and O–H groups in total. The molecular weight excluding hydrogens is 380 g/mol. The Bertz CT molecular complexity index is 1390. The van der Waals surface area contributed by atoms with Crippen molar-refractivity contribution in [1.82, 2.24) is 14.9 Å². The molecule has 2 aromatic heterocycles. The average molecular weight is 396 g/mol. The number of carbonyl (C=O) groups excluding carboxylic acids is 3. The number of imide groups is 2. The Morgan fingerprint density at radius 3 is 2.63 bits per heavy atom. The molecule has 0 spiro atoms. The highest BCUT2D eigenvalue weighted by Crippen LogP contribution is 2.29. The largest absolute Gasteiger partial charge is 0.350 e. The van der Waals surface area contributed by atoms with E-state index >= 15 is 0 Å². The number of anilines is 1. The number of fused-ring (bicyclic) bond motifs is 2. The number of nitrogens with one attached hydrogen (secondary N) is 1. The molecule has 1 aliphatic heterocycles. The summed E-state index contributed by atoms with van der Waals surface area (Å²) in [5.41, 5.74) is 2.41. The number of hydrogen-bond donors (Lipinski definition) is 1. The summed E-state index contributed by atoms with van der Waals surface area (Å²) in [5, 5.41) is 3.96. The number of urea groups is 1. The highest BCUT2D eigenvalue weighted by atomic mass is 16.2. The van der Waals surface area contributed by atoms with Crippen LogP contribution in [-0.4, -0.2) is 27.4 Å². The summed E-state index contributed by atoms with van der Waals surface area (Å²) in [5.74, 6) is -1.41. The molecule has 7 nitrogen and oxygen atoms in total. The topological polar surface area (TPSA) is 84.3 Å². The standard InChI is InChI=1S/C23H16N4O3/c1-26-13-15(16-8-2-3-9-18(16)26)12-17-21(28)25-23(30)27(22(17)29)19-10-4-6-14-7-5-11-24-20(14)19/h2-13H,1H3,(H,25,28,30). The number of amides is 4. The van der Waals surface area contributed by atoms with E-state index in [4.69, 9.17) is 0 Å². The molecule has 7 heteroatoms. The van der Waals surface area contributed by atoms with E-state index in [2.05, 4.69) is 10.3 Å². The molecule has 3 heterocycles. The Morgan fingerprint density at radius 1 is 0.967 bits per heavy atom. The summed E-state index contributed by atoms with van der Waals surface area (Å²) in [7, 11) is 1.89. The molecule has 5 rings (SSSR count). The number of hydrogen-bond acceptors (Lipinski definition) is 4. The lowest BCUT2D eigenvalue weighted by atomic mass is 10.1. The fourth-order valence-corrected chi connectivity index (χ4v) is 3.79. The molecule has 4 aromatic rings. The summed E-state index contributed by atoms with van der Waals surface area (Å²) < 4.78 is 1.92. The van der Waals surface area contributed by atoms with Crippen molar-refractivity contribution >= 4 is 51.4 Å². The van der Waals surface area contributed by atoms with E-state index in [1.807, 2.05) is 54.2 Å². The van der Waals surface area contributed by atoms with Gasteiger partial charge in [-0.25, -0.2) is 9.69 Å². The molecule has 1 fully saturated rings. The Labute approximate surface area is 171 Å². The Kier molecular flexibility index (Phi) is 3.96. The highest BCUT2D eigenvalue weighted by molar-refractivity contribution is 6.40. The summed E-state index contributed by atoms with van der Waals surface area (Å²) in [4.78, 5) is 43.7. The van der Waals surface area contributed by atoms with Gasteiger partial charge in [0.2, 0.25) is 0 Å². The quantitative estimate of drug-likeness (QED) is 0.416. The Morgan fingerprint density at radius 2 is 1.77 bits per heavy atom. The van der Waals surface area contributed by atoms with Gasteiger partial charge in [0.25, 0.3) is 11.8 Å². The lowest BCUT2D eigenvalue weighted by molar-refractivity contribution is -0.122. The van der Waals surface area contributed by atoms with E-state index in [9.17, 15) is 14.4 Å². The number of rotatable bonds is 2. The van der Waals surface area contributed by atoms with Gasteiger partial charge >= 0.3 is 6.03 Å². The predicted octanol–water partition coefficient (Wildman–Crippen LogP) is 3.39. The van der Waals surface area contributed by atoms with Crippen molar-refractivity contribution in [2.75, 3.05) is 4.90 Å². The maximum atomic E-state index is 13.3. The third kappa shape index (κ3) is 2.68. The van der Waals surface area contributed by atoms with Crippen LogP contribution in [0.25, 0.3) is 27.9 Å². The van der Waals surface area contributed by atoms with Gasteiger partial charge in [-0.2, -0.15) is 0 Å². The van der Waals surface area contributed by atoms with Gasteiger partial charge in [-0.1, -0.05) is 36.4 Å². The van der Waals surface area contributed by atoms with Crippen LogP contribution in [-0.2, 0) is 16.6 Å². The molecule has 0 radical (unpaired) electrons. The van der Waals surface area contributed by atoms with Crippen molar-refractivity contribution in [3.63, 3.8) is 0 Å². The number of pyridine rings is 1. The molecule has 146 valence electrons. The van der Waals surface area contributed by atoms with Crippen LogP contribution in [0, 0.1) is 0 Å². The zero-order valence-corrected chi connectivity index (χ0v) is 16.0. The van der Waals surface area contributed by atoms with Gasteiger partial charge in [0.15, 0.2) is 0 Å². The van der Waals surface area contributed by atoms with Gasteiger partial charge in [0, 0.05) is 41.3 Å². The van der Waals surface area contributed by atoms with E-state index < -0.39 is 17.8 Å². The van der Waals surface area contributed by atoms with Crippen LogP contribution >= 0.6 is 0 Å². The van der Waals surface area contributed by atoms with Crippen molar-refractivity contribution in [2.45, 2.75) is 0 Å². The number of aromatic nitrogens is 2. The fraction of sp³-hybridized carbons (Fsp3) is 0.0435. The first-order valence-corrected chi connectivity index (χ1v) is 9.34. The molecule has 0 atom stereocenters. The zero-order chi connectivity index (χ0) is 20.8. The predicted molar refractivity (Wildman–Crippen MR) is 114 cm³/mol. The maximum absolute atomic E-state index is 13.3. The lowest BCUT2D eigenvalue weighted by Crippen LogP contribution is -2.54. The second kappa shape index (κ2) is 6.66. The molecule has 30 heavy (non-hydrogen) atoms. The van der Waals surface area contributed by atoms with Crippen molar-refractivity contribution in [3.8, 4) is 0 Å². The monoisotopic (exact) mass is 396 g/mol. The molecule has 1 saturated heterocycles. The van der Waals surface area contributed by atoms with Crippen LogP contribution in [0.4, 0.5) is 10.5 Å². The van der Waals surface area contributed by atoms with E-state index in [-0.39, 0.29) is 5.57 Å². The average Bonchev–Trinajstić information content (AvgIpc) is 3.07. The number of aryl methyl sites for hydroxylation is 1. The van der Waals surface area contributed by atoms with Gasteiger partial charge in [0.05, 0.1) is 11.2 Å². The third-order valence-electron chi connectivity index (χ3n) is 5.18. The third-order valence-corrected chi connectivity index (χ3v) is 5.18. The first-order chi connectivity index (χ1) is 14.5. The van der Waals surface area contributed by atoms with Crippen molar-refractivity contribution in [1.29, 1.82) is 0 Å². The minimum atomic E-state index is -0.793. The molecule has 0 unspecified atom stereocenters. The smallest absolute Gasteiger partial charge is 0.336 e. The van der Waals surface area contributed by atoms with E-state index in [0.717, 1.165) is 26.8 Å². The maximum Gasteiger partial charge on any atom is 0.336 e. The van der Waals surface area contributed by atoms with Gasteiger partial charge in [-0.15, -0.1) is 0 Å². The summed E-state index contributed by atoms with van der Waals surface area (Å²) in [6, 6.07) is 15.7. The van der Waals surface area contributed by atoms with Crippen LogP contribution < -0.4 is 10.2 Å². The SMILES string of the molecule is Cn1cc(C=C2C(=O)NC(=O)N(c3cccc4cccnc34)C2=O)c2ccccc21. The van der Waals surface area contributed by atoms with Crippen LogP contribution in [0.2, 0.25) is 0 Å². The normalized spacial score (nSPS) is 16.0. The zero-order valence-electron chi connectivity index (χ0n) is 16.0. The highest BCUT2D eigenvalue weighted by Gasteiger charge is 2.37. The number of benzene rings is 2. The minimum absolute atomic E-state index is 0.112. The minimum Gasteiger partial charge on any atom is -0.350 e. The molecule has 0 bridgehead atoms. The summed E-state index contributed by atoms with van der Waals surface area (Å²) in [6.07, 6.45) is 4.96.